The van der Waals surface area contributed by atoms with Crippen LogP contribution in [0.5, 0.6) is 23.0 Å². The molecule has 6 nitrogen and oxygen atoms in total. The zero-order valence-corrected chi connectivity index (χ0v) is 14.6. The Balaban J connectivity index is 2.35. The van der Waals surface area contributed by atoms with E-state index in [9.17, 15) is 4.79 Å². The van der Waals surface area contributed by atoms with Crippen molar-refractivity contribution in [3.05, 3.63) is 40.9 Å². The molecule has 24 heavy (non-hydrogen) atoms. The lowest BCUT2D eigenvalue weighted by molar-refractivity contribution is 0.102. The second kappa shape index (κ2) is 7.79. The molecule has 0 aliphatic carbocycles. The predicted octanol–water partition coefficient (Wildman–Crippen LogP) is 3.63. The van der Waals surface area contributed by atoms with E-state index >= 15 is 0 Å². The largest absolute Gasteiger partial charge is 0.497 e. The molecule has 1 N–H and O–H groups in total. The van der Waals surface area contributed by atoms with Gasteiger partial charge in [-0.15, -0.1) is 0 Å². The van der Waals surface area contributed by atoms with Crippen LogP contribution in [0.4, 0.5) is 5.69 Å². The average Bonchev–Trinajstić information content (AvgIpc) is 2.60. The number of rotatable bonds is 6. The summed E-state index contributed by atoms with van der Waals surface area (Å²) in [6.45, 7) is 0. The van der Waals surface area contributed by atoms with Gasteiger partial charge >= 0.3 is 0 Å². The van der Waals surface area contributed by atoms with Gasteiger partial charge in [0, 0.05) is 11.6 Å². The third kappa shape index (κ3) is 3.65. The molecule has 0 saturated carbocycles. The van der Waals surface area contributed by atoms with Crippen LogP contribution in [0.2, 0.25) is 5.02 Å². The molecule has 128 valence electrons. The Hall–Kier alpha value is -2.60. The minimum Gasteiger partial charge on any atom is -0.497 e. The van der Waals surface area contributed by atoms with Crippen LogP contribution in [0, 0.1) is 0 Å². The van der Waals surface area contributed by atoms with Gasteiger partial charge in [0.2, 0.25) is 0 Å². The second-order valence-electron chi connectivity index (χ2n) is 4.71. The maximum Gasteiger partial charge on any atom is 0.255 e. The molecule has 0 atom stereocenters. The van der Waals surface area contributed by atoms with Gasteiger partial charge in [0.05, 0.1) is 39.1 Å². The highest BCUT2D eigenvalue weighted by molar-refractivity contribution is 6.32. The van der Waals surface area contributed by atoms with E-state index in [1.807, 2.05) is 0 Å². The third-order valence-electron chi connectivity index (χ3n) is 3.35. The maximum atomic E-state index is 12.5. The summed E-state index contributed by atoms with van der Waals surface area (Å²) in [5.74, 6) is 1.47. The fraction of sp³-hybridized carbons (Fsp3) is 0.235. The Morgan fingerprint density at radius 1 is 0.917 bits per heavy atom. The van der Waals surface area contributed by atoms with Crippen LogP contribution in [0.1, 0.15) is 10.4 Å². The smallest absolute Gasteiger partial charge is 0.255 e. The molecule has 2 aromatic carbocycles. The minimum atomic E-state index is -0.371. The summed E-state index contributed by atoms with van der Waals surface area (Å²) in [6.07, 6.45) is 0. The second-order valence-corrected chi connectivity index (χ2v) is 5.12. The van der Waals surface area contributed by atoms with E-state index in [2.05, 4.69) is 5.32 Å². The summed E-state index contributed by atoms with van der Waals surface area (Å²) >= 11 is 6.14. The van der Waals surface area contributed by atoms with E-state index in [4.69, 9.17) is 30.5 Å². The van der Waals surface area contributed by atoms with E-state index in [0.717, 1.165) is 0 Å². The zero-order chi connectivity index (χ0) is 17.7. The van der Waals surface area contributed by atoms with Crippen molar-refractivity contribution in [3.8, 4) is 23.0 Å². The number of hydrogen-bond donors (Lipinski definition) is 1. The van der Waals surface area contributed by atoms with E-state index < -0.39 is 0 Å². The van der Waals surface area contributed by atoms with Gasteiger partial charge in [-0.2, -0.15) is 0 Å². The van der Waals surface area contributed by atoms with Crippen molar-refractivity contribution in [2.75, 3.05) is 33.8 Å². The molecule has 0 aromatic heterocycles. The van der Waals surface area contributed by atoms with Gasteiger partial charge in [-0.25, -0.2) is 0 Å². The molecule has 0 heterocycles. The average molecular weight is 352 g/mol. The quantitative estimate of drug-likeness (QED) is 0.860. The van der Waals surface area contributed by atoms with Crippen molar-refractivity contribution in [3.63, 3.8) is 0 Å². The van der Waals surface area contributed by atoms with Crippen molar-refractivity contribution in [1.82, 2.24) is 0 Å². The first-order valence-corrected chi connectivity index (χ1v) is 7.36. The topological polar surface area (TPSA) is 66.0 Å². The minimum absolute atomic E-state index is 0.277. The number of ether oxygens (including phenoxy) is 4. The SMILES string of the molecule is COc1ccc(OC)c(NC(=O)c2cc(Cl)c(OC)c(OC)c2)c1. The van der Waals surface area contributed by atoms with Crippen molar-refractivity contribution >= 4 is 23.2 Å². The van der Waals surface area contributed by atoms with Gasteiger partial charge in [0.1, 0.15) is 11.5 Å². The Bertz CT molecular complexity index is 748. The third-order valence-corrected chi connectivity index (χ3v) is 3.63. The van der Waals surface area contributed by atoms with Gasteiger partial charge in [-0.3, -0.25) is 4.79 Å². The normalized spacial score (nSPS) is 10.0. The fourth-order valence-corrected chi connectivity index (χ4v) is 2.44. The van der Waals surface area contributed by atoms with Crippen molar-refractivity contribution in [2.24, 2.45) is 0 Å². The van der Waals surface area contributed by atoms with Gasteiger partial charge in [0.15, 0.2) is 11.5 Å². The molecule has 2 rings (SSSR count). The van der Waals surface area contributed by atoms with E-state index in [1.165, 1.54) is 27.4 Å². The Morgan fingerprint density at radius 3 is 2.21 bits per heavy atom. The molecule has 0 aliphatic heterocycles. The summed E-state index contributed by atoms with van der Waals surface area (Å²) in [6, 6.07) is 8.16. The predicted molar refractivity (Wildman–Crippen MR) is 92.1 cm³/mol. The van der Waals surface area contributed by atoms with Gasteiger partial charge in [-0.05, 0) is 24.3 Å². The van der Waals surface area contributed by atoms with E-state index in [1.54, 1.807) is 31.4 Å². The van der Waals surface area contributed by atoms with E-state index in [-0.39, 0.29) is 10.9 Å². The highest BCUT2D eigenvalue weighted by atomic mass is 35.5. The number of nitrogens with one attached hydrogen (secondary N) is 1. The van der Waals surface area contributed by atoms with Gasteiger partial charge in [0.25, 0.3) is 5.91 Å². The molecule has 0 fully saturated rings. The molecule has 0 radical (unpaired) electrons. The number of amides is 1. The first-order valence-electron chi connectivity index (χ1n) is 6.99. The van der Waals surface area contributed by atoms with Crippen molar-refractivity contribution in [1.29, 1.82) is 0 Å². The van der Waals surface area contributed by atoms with Gasteiger partial charge < -0.3 is 24.3 Å². The lowest BCUT2D eigenvalue weighted by atomic mass is 10.1. The van der Waals surface area contributed by atoms with Crippen molar-refractivity contribution < 1.29 is 23.7 Å². The monoisotopic (exact) mass is 351 g/mol. The molecule has 0 saturated heterocycles. The van der Waals surface area contributed by atoms with E-state index in [0.29, 0.717) is 34.2 Å². The lowest BCUT2D eigenvalue weighted by Crippen LogP contribution is -2.13. The number of hydrogen-bond acceptors (Lipinski definition) is 5. The van der Waals surface area contributed by atoms with Gasteiger partial charge in [-0.1, -0.05) is 11.6 Å². The molecule has 0 unspecified atom stereocenters. The molecule has 0 aliphatic rings. The molecular weight excluding hydrogens is 334 g/mol. The molecular formula is C17H18ClNO5. The highest BCUT2D eigenvalue weighted by Gasteiger charge is 2.17. The molecule has 2 aromatic rings. The molecule has 7 heteroatoms. The van der Waals surface area contributed by atoms with Crippen LogP contribution in [0.15, 0.2) is 30.3 Å². The van der Waals surface area contributed by atoms with Crippen LogP contribution in [-0.2, 0) is 0 Å². The van der Waals surface area contributed by atoms with Crippen molar-refractivity contribution in [2.45, 2.75) is 0 Å². The first-order chi connectivity index (χ1) is 11.5. The summed E-state index contributed by atoms with van der Waals surface area (Å²) in [5, 5.41) is 3.05. The fourth-order valence-electron chi connectivity index (χ4n) is 2.16. The van der Waals surface area contributed by atoms with Crippen LogP contribution in [0.25, 0.3) is 0 Å². The van der Waals surface area contributed by atoms with Crippen LogP contribution in [0.3, 0.4) is 0 Å². The Morgan fingerprint density at radius 2 is 1.62 bits per heavy atom. The molecule has 0 bridgehead atoms. The maximum absolute atomic E-state index is 12.5. The zero-order valence-electron chi connectivity index (χ0n) is 13.8. The standard InChI is InChI=1S/C17H18ClNO5/c1-21-11-5-6-14(22-2)13(9-11)19-17(20)10-7-12(18)16(24-4)15(8-10)23-3/h5-9H,1-4H3,(H,19,20). The summed E-state index contributed by atoms with van der Waals surface area (Å²) in [7, 11) is 6.01. The first kappa shape index (κ1) is 17.7. The number of carbonyl (C=O) groups is 1. The van der Waals surface area contributed by atoms with Crippen LogP contribution < -0.4 is 24.3 Å². The summed E-state index contributed by atoms with van der Waals surface area (Å²) in [5.41, 5.74) is 0.801. The van der Waals surface area contributed by atoms with Crippen LogP contribution >= 0.6 is 11.6 Å². The number of halogens is 1. The number of anilines is 1. The number of benzene rings is 2. The highest BCUT2D eigenvalue weighted by Crippen LogP contribution is 2.36. The Labute approximate surface area is 145 Å². The molecule has 1 amide bonds. The summed E-state index contributed by atoms with van der Waals surface area (Å²) in [4.78, 5) is 12.5. The molecule has 0 spiro atoms. The lowest BCUT2D eigenvalue weighted by Gasteiger charge is -2.14. The summed E-state index contributed by atoms with van der Waals surface area (Å²) < 4.78 is 20.8. The Kier molecular flexibility index (Phi) is 5.76. The van der Waals surface area contributed by atoms with Crippen LogP contribution in [-0.4, -0.2) is 34.3 Å². The number of carbonyl (C=O) groups excluding carboxylic acids is 1. The number of methoxy groups -OCH3 is 4.